The number of nitrogens with one attached hydrogen (secondary N) is 1. The Morgan fingerprint density at radius 3 is 2.46 bits per heavy atom. The molecule has 0 bridgehead atoms. The van der Waals surface area contributed by atoms with E-state index in [0.717, 1.165) is 41.6 Å². The predicted octanol–water partition coefficient (Wildman–Crippen LogP) is 4.29. The summed E-state index contributed by atoms with van der Waals surface area (Å²) in [5.41, 5.74) is 3.93. The third kappa shape index (κ3) is 4.82. The number of benzene rings is 1. The van der Waals surface area contributed by atoms with Crippen LogP contribution in [0.5, 0.6) is 0 Å². The van der Waals surface area contributed by atoms with Crippen molar-refractivity contribution in [3.63, 3.8) is 0 Å². The van der Waals surface area contributed by atoms with E-state index in [4.69, 9.17) is 0 Å². The summed E-state index contributed by atoms with van der Waals surface area (Å²) in [6, 6.07) is 14.0. The highest BCUT2D eigenvalue weighted by atomic mass is 32.1. The number of nitrogens with zero attached hydrogens (tertiary/aromatic N) is 3. The fraction of sp³-hybridized carbons (Fsp3) is 0.318. The van der Waals surface area contributed by atoms with Crippen LogP contribution in [0.4, 0.5) is 0 Å². The van der Waals surface area contributed by atoms with Gasteiger partial charge in [-0.2, -0.15) is 0 Å². The molecule has 28 heavy (non-hydrogen) atoms. The minimum atomic E-state index is -0.0881. The molecule has 2 aromatic heterocycles. The van der Waals surface area contributed by atoms with E-state index < -0.39 is 0 Å². The Morgan fingerprint density at radius 1 is 1.07 bits per heavy atom. The van der Waals surface area contributed by atoms with Crippen LogP contribution in [0.2, 0.25) is 0 Å². The number of carbonyl (C=O) groups excluding carboxylic acids is 1. The van der Waals surface area contributed by atoms with E-state index >= 15 is 0 Å². The highest BCUT2D eigenvalue weighted by molar-refractivity contribution is 7.17. The van der Waals surface area contributed by atoms with Gasteiger partial charge in [-0.3, -0.25) is 14.7 Å². The van der Waals surface area contributed by atoms with E-state index in [0.29, 0.717) is 11.4 Å². The lowest BCUT2D eigenvalue weighted by atomic mass is 10.1. The summed E-state index contributed by atoms with van der Waals surface area (Å²) in [6.07, 6.45) is 1.73. The molecule has 0 aliphatic heterocycles. The van der Waals surface area contributed by atoms with Gasteiger partial charge in [0, 0.05) is 19.3 Å². The van der Waals surface area contributed by atoms with Crippen LogP contribution >= 0.6 is 11.3 Å². The number of rotatable bonds is 8. The second kappa shape index (κ2) is 9.57. The van der Waals surface area contributed by atoms with Gasteiger partial charge in [-0.1, -0.05) is 44.2 Å². The maximum absolute atomic E-state index is 12.8. The Kier molecular flexibility index (Phi) is 6.90. The SMILES string of the molecule is CCN(CC)Cc1ccccc1CNC(=O)c1sc(-c2ccccn2)nc1C. The largest absolute Gasteiger partial charge is 0.347 e. The molecule has 0 fully saturated rings. The lowest BCUT2D eigenvalue weighted by molar-refractivity contribution is 0.0954. The van der Waals surface area contributed by atoms with Crippen molar-refractivity contribution in [3.8, 4) is 10.7 Å². The monoisotopic (exact) mass is 394 g/mol. The first-order valence-electron chi connectivity index (χ1n) is 9.58. The van der Waals surface area contributed by atoms with Crippen LogP contribution in [0.3, 0.4) is 0 Å². The van der Waals surface area contributed by atoms with E-state index in [1.54, 1.807) is 6.20 Å². The zero-order valence-corrected chi connectivity index (χ0v) is 17.4. The smallest absolute Gasteiger partial charge is 0.263 e. The summed E-state index contributed by atoms with van der Waals surface area (Å²) in [6.45, 7) is 9.61. The minimum absolute atomic E-state index is 0.0881. The molecule has 0 aliphatic rings. The molecule has 0 saturated heterocycles. The van der Waals surface area contributed by atoms with Crippen molar-refractivity contribution in [3.05, 3.63) is 70.4 Å². The lowest BCUT2D eigenvalue weighted by Gasteiger charge is -2.20. The molecular weight excluding hydrogens is 368 g/mol. The third-order valence-corrected chi connectivity index (χ3v) is 5.91. The van der Waals surface area contributed by atoms with Gasteiger partial charge >= 0.3 is 0 Å². The summed E-state index contributed by atoms with van der Waals surface area (Å²) < 4.78 is 0. The molecule has 1 aromatic carbocycles. The molecule has 146 valence electrons. The quantitative estimate of drug-likeness (QED) is 0.619. The van der Waals surface area contributed by atoms with E-state index in [1.807, 2.05) is 31.2 Å². The molecule has 0 radical (unpaired) electrons. The van der Waals surface area contributed by atoms with Crippen LogP contribution in [0.15, 0.2) is 48.7 Å². The Bertz CT molecular complexity index is 919. The van der Waals surface area contributed by atoms with Crippen LogP contribution < -0.4 is 5.32 Å². The van der Waals surface area contributed by atoms with Crippen molar-refractivity contribution in [1.82, 2.24) is 20.2 Å². The molecule has 0 unspecified atom stereocenters. The minimum Gasteiger partial charge on any atom is -0.347 e. The Hall–Kier alpha value is -2.57. The first-order chi connectivity index (χ1) is 13.6. The molecule has 0 aliphatic carbocycles. The second-order valence-electron chi connectivity index (χ2n) is 6.56. The molecule has 0 saturated carbocycles. The number of thiazole rings is 1. The number of amides is 1. The van der Waals surface area contributed by atoms with Gasteiger partial charge in [0.05, 0.1) is 11.4 Å². The van der Waals surface area contributed by atoms with Crippen molar-refractivity contribution >= 4 is 17.2 Å². The number of carbonyl (C=O) groups is 1. The highest BCUT2D eigenvalue weighted by Crippen LogP contribution is 2.26. The molecule has 3 rings (SSSR count). The lowest BCUT2D eigenvalue weighted by Crippen LogP contribution is -2.26. The summed E-state index contributed by atoms with van der Waals surface area (Å²) in [5, 5.41) is 3.83. The zero-order chi connectivity index (χ0) is 19.9. The van der Waals surface area contributed by atoms with Crippen LogP contribution in [0, 0.1) is 6.92 Å². The van der Waals surface area contributed by atoms with Crippen molar-refractivity contribution in [2.24, 2.45) is 0 Å². The van der Waals surface area contributed by atoms with E-state index in [-0.39, 0.29) is 5.91 Å². The number of hydrogen-bond acceptors (Lipinski definition) is 5. The average molecular weight is 395 g/mol. The fourth-order valence-electron chi connectivity index (χ4n) is 3.03. The van der Waals surface area contributed by atoms with E-state index in [2.05, 4.69) is 52.2 Å². The Balaban J connectivity index is 1.71. The first-order valence-corrected chi connectivity index (χ1v) is 10.4. The molecule has 0 spiro atoms. The fourth-order valence-corrected chi connectivity index (χ4v) is 3.99. The van der Waals surface area contributed by atoms with Gasteiger partial charge in [-0.05, 0) is 43.3 Å². The zero-order valence-electron chi connectivity index (χ0n) is 16.6. The molecule has 6 heteroatoms. The molecule has 2 heterocycles. The summed E-state index contributed by atoms with van der Waals surface area (Å²) in [5.74, 6) is -0.0881. The number of pyridine rings is 1. The van der Waals surface area contributed by atoms with Gasteiger partial charge in [0.25, 0.3) is 5.91 Å². The number of aryl methyl sites for hydroxylation is 1. The van der Waals surface area contributed by atoms with Crippen molar-refractivity contribution in [1.29, 1.82) is 0 Å². The predicted molar refractivity (Wildman–Crippen MR) is 114 cm³/mol. The van der Waals surface area contributed by atoms with Crippen LogP contribution in [-0.2, 0) is 13.1 Å². The maximum atomic E-state index is 12.8. The highest BCUT2D eigenvalue weighted by Gasteiger charge is 2.17. The van der Waals surface area contributed by atoms with Crippen LogP contribution in [0.25, 0.3) is 10.7 Å². The van der Waals surface area contributed by atoms with E-state index in [9.17, 15) is 4.79 Å². The molecule has 1 amide bonds. The van der Waals surface area contributed by atoms with E-state index in [1.165, 1.54) is 16.9 Å². The van der Waals surface area contributed by atoms with Crippen LogP contribution in [-0.4, -0.2) is 33.9 Å². The maximum Gasteiger partial charge on any atom is 0.263 e. The molecule has 0 atom stereocenters. The third-order valence-electron chi connectivity index (χ3n) is 4.73. The summed E-state index contributed by atoms with van der Waals surface area (Å²) in [4.78, 5) is 24.6. The van der Waals surface area contributed by atoms with Gasteiger partial charge in [-0.25, -0.2) is 4.98 Å². The Labute approximate surface area is 170 Å². The van der Waals surface area contributed by atoms with Gasteiger partial charge in [0.2, 0.25) is 0 Å². The van der Waals surface area contributed by atoms with Crippen molar-refractivity contribution in [2.45, 2.75) is 33.9 Å². The topological polar surface area (TPSA) is 58.1 Å². The van der Waals surface area contributed by atoms with Gasteiger partial charge in [0.15, 0.2) is 0 Å². The first kappa shape index (κ1) is 20.2. The second-order valence-corrected chi connectivity index (χ2v) is 7.56. The average Bonchev–Trinajstić information content (AvgIpc) is 3.13. The molecule has 3 aromatic rings. The summed E-state index contributed by atoms with van der Waals surface area (Å²) in [7, 11) is 0. The van der Waals surface area contributed by atoms with Gasteiger partial charge < -0.3 is 5.32 Å². The summed E-state index contributed by atoms with van der Waals surface area (Å²) >= 11 is 1.38. The van der Waals surface area contributed by atoms with Crippen LogP contribution in [0.1, 0.15) is 40.3 Å². The molecular formula is C22H26N4OS. The number of hydrogen-bond donors (Lipinski definition) is 1. The molecule has 5 nitrogen and oxygen atoms in total. The Morgan fingerprint density at radius 2 is 1.79 bits per heavy atom. The van der Waals surface area contributed by atoms with Crippen molar-refractivity contribution in [2.75, 3.05) is 13.1 Å². The van der Waals surface area contributed by atoms with Crippen molar-refractivity contribution < 1.29 is 4.79 Å². The van der Waals surface area contributed by atoms with Gasteiger partial charge in [-0.15, -0.1) is 11.3 Å². The number of aromatic nitrogens is 2. The standard InChI is InChI=1S/C22H26N4OS/c1-4-26(5-2)15-18-11-7-6-10-17(18)14-24-21(27)20-16(3)25-22(28-20)19-12-8-9-13-23-19/h6-13H,4-5,14-15H2,1-3H3,(H,24,27). The van der Waals surface area contributed by atoms with Gasteiger partial charge in [0.1, 0.15) is 9.88 Å². The molecule has 1 N–H and O–H groups in total. The normalized spacial score (nSPS) is 11.0.